The number of aryl methyl sites for hydroxylation is 1. The molecule has 0 saturated carbocycles. The Morgan fingerprint density at radius 2 is 1.79 bits per heavy atom. The van der Waals surface area contributed by atoms with Gasteiger partial charge in [0.25, 0.3) is 5.78 Å². The van der Waals surface area contributed by atoms with E-state index in [9.17, 15) is 14.7 Å². The first-order valence-corrected chi connectivity index (χ1v) is 13.9. The summed E-state index contributed by atoms with van der Waals surface area (Å²) in [5, 5.41) is 12.0. The van der Waals surface area contributed by atoms with Gasteiger partial charge in [-0.3, -0.25) is 14.5 Å². The largest absolute Gasteiger partial charge is 0.507 e. The molecule has 3 heterocycles. The van der Waals surface area contributed by atoms with E-state index >= 15 is 0 Å². The van der Waals surface area contributed by atoms with Gasteiger partial charge in [-0.2, -0.15) is 0 Å². The van der Waals surface area contributed by atoms with Crippen molar-refractivity contribution in [3.63, 3.8) is 0 Å². The zero-order chi connectivity index (χ0) is 27.6. The first-order valence-electron chi connectivity index (χ1n) is 13.1. The van der Waals surface area contributed by atoms with Crippen molar-refractivity contribution < 1.29 is 19.4 Å². The van der Waals surface area contributed by atoms with E-state index < -0.39 is 17.7 Å². The first kappa shape index (κ1) is 25.3. The van der Waals surface area contributed by atoms with Crippen LogP contribution in [0.25, 0.3) is 16.0 Å². The molecule has 0 aliphatic carbocycles. The lowest BCUT2D eigenvalue weighted by Crippen LogP contribution is -2.29. The summed E-state index contributed by atoms with van der Waals surface area (Å²) in [6, 6.07) is 18.4. The fourth-order valence-corrected chi connectivity index (χ4v) is 6.45. The number of rotatable bonds is 3. The molecule has 7 heteroatoms. The minimum absolute atomic E-state index is 0.0481. The van der Waals surface area contributed by atoms with Crippen molar-refractivity contribution in [2.24, 2.45) is 0 Å². The lowest BCUT2D eigenvalue weighted by atomic mass is 9.85. The number of Topliss-reactive ketones (excluding diaryl/α,β-unsaturated/α-hetero) is 1. The molecule has 1 aromatic heterocycles. The third kappa shape index (κ3) is 4.31. The highest BCUT2D eigenvalue weighted by Gasteiger charge is 2.48. The molecule has 198 valence electrons. The predicted octanol–water partition coefficient (Wildman–Crippen LogP) is 6.85. The Bertz CT molecular complexity index is 1680. The number of fused-ring (bicyclic) bond motifs is 2. The van der Waals surface area contributed by atoms with Crippen molar-refractivity contribution in [3.8, 4) is 5.75 Å². The van der Waals surface area contributed by atoms with Gasteiger partial charge in [0.1, 0.15) is 17.6 Å². The molecule has 2 aliphatic rings. The van der Waals surface area contributed by atoms with Gasteiger partial charge in [0.05, 0.1) is 21.8 Å². The Hall–Kier alpha value is -3.97. The molecule has 2 atom stereocenters. The number of aliphatic hydroxyl groups is 1. The normalized spacial score (nSPS) is 20.5. The number of ether oxygens (including phenoxy) is 1. The van der Waals surface area contributed by atoms with Gasteiger partial charge in [-0.1, -0.05) is 62.4 Å². The fourth-order valence-electron chi connectivity index (χ4n) is 5.36. The van der Waals surface area contributed by atoms with Crippen molar-refractivity contribution in [2.75, 3.05) is 4.90 Å². The number of aliphatic hydroxyl groups excluding tert-OH is 1. The number of ketones is 1. The van der Waals surface area contributed by atoms with Gasteiger partial charge < -0.3 is 9.84 Å². The van der Waals surface area contributed by atoms with E-state index in [0.29, 0.717) is 17.1 Å². The topological polar surface area (TPSA) is 79.7 Å². The summed E-state index contributed by atoms with van der Waals surface area (Å²) in [5.41, 5.74) is 5.17. The molecule has 0 radical (unpaired) electrons. The lowest BCUT2D eigenvalue weighted by molar-refractivity contribution is -0.132. The SMILES string of the molecule is Cc1ccc2nc(N3C(=O)C(=O)/C(=C(\O)c4ccc5c(c4)CC(C)O5)C3c3ccc(C(C)(C)C)cc3)sc2c1. The maximum atomic E-state index is 13.6. The van der Waals surface area contributed by atoms with Crippen molar-refractivity contribution >= 4 is 44.1 Å². The van der Waals surface area contributed by atoms with Crippen LogP contribution >= 0.6 is 11.3 Å². The molecule has 6 rings (SSSR count). The van der Waals surface area contributed by atoms with Gasteiger partial charge >= 0.3 is 5.91 Å². The van der Waals surface area contributed by atoms with Crippen LogP contribution in [-0.4, -0.2) is 27.9 Å². The molecule has 4 aromatic rings. The van der Waals surface area contributed by atoms with Crippen LogP contribution in [0.5, 0.6) is 5.75 Å². The van der Waals surface area contributed by atoms with E-state index in [2.05, 4.69) is 20.8 Å². The number of thiazole rings is 1. The molecule has 3 aromatic carbocycles. The van der Waals surface area contributed by atoms with Crippen LogP contribution in [0.2, 0.25) is 0 Å². The molecule has 2 unspecified atom stereocenters. The van der Waals surface area contributed by atoms with E-state index in [-0.39, 0.29) is 22.9 Å². The summed E-state index contributed by atoms with van der Waals surface area (Å²) in [6.07, 6.45) is 0.764. The number of amides is 1. The smallest absolute Gasteiger partial charge is 0.301 e. The van der Waals surface area contributed by atoms with Crippen LogP contribution in [0.15, 0.2) is 66.2 Å². The Labute approximate surface area is 231 Å². The monoisotopic (exact) mass is 538 g/mol. The highest BCUT2D eigenvalue weighted by molar-refractivity contribution is 7.22. The van der Waals surface area contributed by atoms with Gasteiger partial charge in [0, 0.05) is 12.0 Å². The number of nitrogens with zero attached hydrogens (tertiary/aromatic N) is 2. The molecule has 39 heavy (non-hydrogen) atoms. The number of anilines is 1. The zero-order valence-corrected chi connectivity index (χ0v) is 23.4. The molecule has 0 spiro atoms. The third-order valence-electron chi connectivity index (χ3n) is 7.45. The molecule has 6 nitrogen and oxygen atoms in total. The average Bonchev–Trinajstić information content (AvgIpc) is 3.55. The fraction of sp³-hybridized carbons (Fsp3) is 0.281. The Kier molecular flexibility index (Phi) is 5.88. The van der Waals surface area contributed by atoms with Gasteiger partial charge in [-0.15, -0.1) is 0 Å². The quantitative estimate of drug-likeness (QED) is 0.175. The number of hydrogen-bond donors (Lipinski definition) is 1. The number of benzene rings is 3. The summed E-state index contributed by atoms with van der Waals surface area (Å²) in [6.45, 7) is 10.4. The zero-order valence-electron chi connectivity index (χ0n) is 22.6. The summed E-state index contributed by atoms with van der Waals surface area (Å²) in [4.78, 5) is 33.4. The highest BCUT2D eigenvalue weighted by atomic mass is 32.1. The van der Waals surface area contributed by atoms with Crippen LogP contribution in [0.4, 0.5) is 5.13 Å². The van der Waals surface area contributed by atoms with E-state index in [4.69, 9.17) is 9.72 Å². The Morgan fingerprint density at radius 1 is 1.05 bits per heavy atom. The lowest BCUT2D eigenvalue weighted by Gasteiger charge is -2.24. The summed E-state index contributed by atoms with van der Waals surface area (Å²) < 4.78 is 6.74. The highest BCUT2D eigenvalue weighted by Crippen LogP contribution is 2.45. The second-order valence-corrected chi connectivity index (χ2v) is 12.5. The van der Waals surface area contributed by atoms with Crippen molar-refractivity contribution in [1.29, 1.82) is 0 Å². The second-order valence-electron chi connectivity index (χ2n) is 11.5. The molecular formula is C32H30N2O4S. The van der Waals surface area contributed by atoms with Crippen molar-refractivity contribution in [3.05, 3.63) is 94.1 Å². The van der Waals surface area contributed by atoms with Crippen LogP contribution in [0, 0.1) is 6.92 Å². The summed E-state index contributed by atoms with van der Waals surface area (Å²) >= 11 is 1.37. The summed E-state index contributed by atoms with van der Waals surface area (Å²) in [5.74, 6) is -0.841. The molecule has 2 aliphatic heterocycles. The van der Waals surface area contributed by atoms with E-state index in [1.54, 1.807) is 6.07 Å². The molecular weight excluding hydrogens is 508 g/mol. The molecule has 1 saturated heterocycles. The number of carbonyl (C=O) groups excluding carboxylic acids is 2. The second kappa shape index (κ2) is 9.06. The van der Waals surface area contributed by atoms with Crippen LogP contribution in [0.3, 0.4) is 0 Å². The summed E-state index contributed by atoms with van der Waals surface area (Å²) in [7, 11) is 0. The van der Waals surface area contributed by atoms with E-state index in [1.165, 1.54) is 16.2 Å². The maximum absolute atomic E-state index is 13.6. The molecule has 1 N–H and O–H groups in total. The maximum Gasteiger partial charge on any atom is 0.301 e. The predicted molar refractivity (Wildman–Crippen MR) is 155 cm³/mol. The number of aromatic nitrogens is 1. The number of carbonyl (C=O) groups is 2. The Balaban J connectivity index is 1.53. The van der Waals surface area contributed by atoms with Gasteiger partial charge in [-0.25, -0.2) is 4.98 Å². The van der Waals surface area contributed by atoms with Gasteiger partial charge in [-0.05, 0) is 71.8 Å². The molecule has 1 amide bonds. The number of hydrogen-bond acceptors (Lipinski definition) is 6. The molecule has 0 bridgehead atoms. The standard InChI is InChI=1S/C32H30N2O4S/c1-17-6-12-23-25(14-17)39-31(33-23)34-27(19-7-10-22(11-8-19)32(3,4)5)26(29(36)30(34)37)28(35)20-9-13-24-21(16-20)15-18(2)38-24/h6-14,16,18,27,35H,15H2,1-5H3/b28-26-. The first-order chi connectivity index (χ1) is 18.5. The van der Waals surface area contributed by atoms with Gasteiger partial charge in [0.15, 0.2) is 5.13 Å². The van der Waals surface area contributed by atoms with Crippen molar-refractivity contribution in [1.82, 2.24) is 4.98 Å². The third-order valence-corrected chi connectivity index (χ3v) is 8.46. The van der Waals surface area contributed by atoms with E-state index in [1.807, 2.05) is 68.4 Å². The minimum atomic E-state index is -0.816. The Morgan fingerprint density at radius 3 is 2.51 bits per heavy atom. The van der Waals surface area contributed by atoms with Crippen LogP contribution in [-0.2, 0) is 21.4 Å². The minimum Gasteiger partial charge on any atom is -0.507 e. The van der Waals surface area contributed by atoms with E-state index in [0.717, 1.165) is 38.2 Å². The van der Waals surface area contributed by atoms with Crippen molar-refractivity contribution in [2.45, 2.75) is 58.6 Å². The van der Waals surface area contributed by atoms with Crippen LogP contribution in [0.1, 0.15) is 61.6 Å². The average molecular weight is 539 g/mol. The van der Waals surface area contributed by atoms with Gasteiger partial charge in [0.2, 0.25) is 0 Å². The molecule has 1 fully saturated rings. The van der Waals surface area contributed by atoms with Crippen LogP contribution < -0.4 is 9.64 Å².